The minimum atomic E-state index is -1.52. The molecule has 3 aliphatic rings. The van der Waals surface area contributed by atoms with Crippen molar-refractivity contribution in [1.82, 2.24) is 20.1 Å². The van der Waals surface area contributed by atoms with E-state index >= 15 is 0 Å². The Hall–Kier alpha value is -0.463. The Morgan fingerprint density at radius 3 is 2.43 bits per heavy atom. The van der Waals surface area contributed by atoms with Crippen molar-refractivity contribution in [3.05, 3.63) is 24.3 Å². The van der Waals surface area contributed by atoms with E-state index in [1.807, 2.05) is 0 Å². The van der Waals surface area contributed by atoms with Gasteiger partial charge in [-0.05, 0) is 37.9 Å². The van der Waals surface area contributed by atoms with Crippen LogP contribution in [0.3, 0.4) is 0 Å². The van der Waals surface area contributed by atoms with Gasteiger partial charge in [0.15, 0.2) is 0 Å². The van der Waals surface area contributed by atoms with E-state index in [2.05, 4.69) is 71.6 Å². The van der Waals surface area contributed by atoms with E-state index in [-0.39, 0.29) is 0 Å². The van der Waals surface area contributed by atoms with Crippen molar-refractivity contribution >= 4 is 8.24 Å². The van der Waals surface area contributed by atoms with Gasteiger partial charge in [0, 0.05) is 26.0 Å². The Morgan fingerprint density at radius 2 is 1.76 bits per heavy atom. The van der Waals surface area contributed by atoms with Crippen LogP contribution in [0.2, 0.25) is 18.6 Å². The van der Waals surface area contributed by atoms with Crippen LogP contribution in [0.15, 0.2) is 24.3 Å². The lowest BCUT2D eigenvalue weighted by molar-refractivity contribution is 0.255. The number of hydrogen-bond acceptors (Lipinski definition) is 4. The van der Waals surface area contributed by atoms with Gasteiger partial charge >= 0.3 is 0 Å². The molecule has 3 rings (SSSR count). The van der Waals surface area contributed by atoms with E-state index in [0.717, 1.165) is 37.4 Å². The van der Waals surface area contributed by atoms with Gasteiger partial charge in [-0.15, -0.1) is 0 Å². The normalized spacial score (nSPS) is 37.2. The van der Waals surface area contributed by atoms with Crippen LogP contribution in [0.25, 0.3) is 0 Å². The Kier molecular flexibility index (Phi) is 4.39. The zero-order chi connectivity index (χ0) is 15.0. The van der Waals surface area contributed by atoms with Crippen molar-refractivity contribution in [2.45, 2.75) is 31.1 Å². The summed E-state index contributed by atoms with van der Waals surface area (Å²) in [4.78, 5) is 2.48. The summed E-state index contributed by atoms with van der Waals surface area (Å²) in [6, 6.07) is 0.705. The van der Waals surface area contributed by atoms with Gasteiger partial charge in [0.25, 0.3) is 0 Å². The third-order valence-corrected chi connectivity index (χ3v) is 10.1. The van der Waals surface area contributed by atoms with Crippen molar-refractivity contribution < 1.29 is 0 Å². The maximum atomic E-state index is 3.48. The van der Waals surface area contributed by atoms with Crippen LogP contribution in [-0.2, 0) is 0 Å². The van der Waals surface area contributed by atoms with E-state index in [0.29, 0.717) is 6.04 Å². The quantitative estimate of drug-likeness (QED) is 0.776. The predicted molar refractivity (Wildman–Crippen MR) is 91.3 cm³/mol. The number of nitrogens with one attached hydrogen (secondary N) is 2. The lowest BCUT2D eigenvalue weighted by atomic mass is 9.92. The summed E-state index contributed by atoms with van der Waals surface area (Å²) in [7, 11) is 3.01. The van der Waals surface area contributed by atoms with Crippen molar-refractivity contribution in [3.8, 4) is 0 Å². The van der Waals surface area contributed by atoms with Crippen LogP contribution in [-0.4, -0.2) is 57.8 Å². The molecule has 1 heterocycles. The first-order chi connectivity index (χ1) is 10.0. The van der Waals surface area contributed by atoms with Crippen molar-refractivity contribution in [3.63, 3.8) is 0 Å². The Morgan fingerprint density at radius 1 is 1.10 bits per heavy atom. The van der Waals surface area contributed by atoms with Gasteiger partial charge in [-0.3, -0.25) is 15.2 Å². The molecular weight excluding hydrogens is 276 g/mol. The Balaban J connectivity index is 1.88. The second-order valence-corrected chi connectivity index (χ2v) is 12.1. The summed E-state index contributed by atoms with van der Waals surface area (Å²) in [5.74, 6) is 1.47. The highest BCUT2D eigenvalue weighted by molar-refractivity contribution is 6.76. The monoisotopic (exact) mass is 306 g/mol. The molecule has 1 saturated carbocycles. The average Bonchev–Trinajstić information content (AvgIpc) is 2.88. The maximum Gasteiger partial charge on any atom is 0.130 e. The molecule has 4 nitrogen and oxygen atoms in total. The van der Waals surface area contributed by atoms with E-state index in [1.54, 1.807) is 0 Å². The lowest BCUT2D eigenvalue weighted by Gasteiger charge is -2.48. The van der Waals surface area contributed by atoms with Gasteiger partial charge < -0.3 is 4.90 Å². The van der Waals surface area contributed by atoms with Crippen LogP contribution >= 0.6 is 0 Å². The van der Waals surface area contributed by atoms with Gasteiger partial charge in [0.2, 0.25) is 0 Å². The average molecular weight is 307 g/mol. The minimum absolute atomic E-state index is 0.705. The summed E-state index contributed by atoms with van der Waals surface area (Å²) < 4.78 is 2.70. The highest BCUT2D eigenvalue weighted by Gasteiger charge is 2.52. The molecular formula is C16H30N4Si. The molecule has 0 amide bonds. The zero-order valence-electron chi connectivity index (χ0n) is 13.8. The molecule has 1 saturated heterocycles. The summed E-state index contributed by atoms with van der Waals surface area (Å²) in [5, 5.41) is 6.97. The number of fused-ring (bicyclic) bond motifs is 1. The standard InChI is InChI=1S/C16H30N4Si/c1-19(2)15-9-13-7-5-6-8-14(13)16(15)21(3,4)20-11-17-10-18-12-20/h5-8,13-18H,9-12H2,1-4H3. The number of hydrogen-bond donors (Lipinski definition) is 2. The minimum Gasteiger partial charge on any atom is -0.306 e. The summed E-state index contributed by atoms with van der Waals surface area (Å²) in [6.07, 6.45) is 10.8. The molecule has 2 fully saturated rings. The molecule has 0 radical (unpaired) electrons. The van der Waals surface area contributed by atoms with Crippen molar-refractivity contribution in [1.29, 1.82) is 0 Å². The Bertz CT molecular complexity index is 426. The first-order valence-corrected chi connectivity index (χ1v) is 11.2. The fourth-order valence-electron chi connectivity index (χ4n) is 4.59. The fourth-order valence-corrected chi connectivity index (χ4v) is 8.73. The van der Waals surface area contributed by atoms with Crippen molar-refractivity contribution in [2.75, 3.05) is 34.1 Å². The van der Waals surface area contributed by atoms with Crippen LogP contribution in [0.1, 0.15) is 6.42 Å². The molecule has 0 aromatic rings. The van der Waals surface area contributed by atoms with Crippen molar-refractivity contribution in [2.24, 2.45) is 11.8 Å². The molecule has 4 atom stereocenters. The summed E-state index contributed by atoms with van der Waals surface area (Å²) >= 11 is 0. The lowest BCUT2D eigenvalue weighted by Crippen LogP contribution is -2.64. The predicted octanol–water partition coefficient (Wildman–Crippen LogP) is 1.62. The molecule has 0 bridgehead atoms. The Labute approximate surface area is 130 Å². The van der Waals surface area contributed by atoms with Crippen LogP contribution in [0.4, 0.5) is 0 Å². The third kappa shape index (κ3) is 2.77. The second-order valence-electron chi connectivity index (χ2n) is 7.49. The highest BCUT2D eigenvalue weighted by atomic mass is 28.3. The second kappa shape index (κ2) is 5.97. The molecule has 2 aliphatic carbocycles. The number of nitrogens with zero attached hydrogens (tertiary/aromatic N) is 2. The zero-order valence-corrected chi connectivity index (χ0v) is 14.8. The van der Waals surface area contributed by atoms with Gasteiger partial charge in [-0.1, -0.05) is 37.4 Å². The van der Waals surface area contributed by atoms with Crippen LogP contribution < -0.4 is 10.6 Å². The van der Waals surface area contributed by atoms with Gasteiger partial charge in [0.1, 0.15) is 8.24 Å². The first kappa shape index (κ1) is 15.4. The smallest absolute Gasteiger partial charge is 0.130 e. The molecule has 2 N–H and O–H groups in total. The van der Waals surface area contributed by atoms with Gasteiger partial charge in [-0.25, -0.2) is 0 Å². The SMILES string of the molecule is CN(C)C1CC2C=CC=CC2C1[Si](C)(C)N1CNCNC1. The number of allylic oxidation sites excluding steroid dienone is 4. The molecule has 0 aromatic heterocycles. The molecule has 0 aromatic carbocycles. The summed E-state index contributed by atoms with van der Waals surface area (Å²) in [6.45, 7) is 8.16. The van der Waals surface area contributed by atoms with E-state index in [4.69, 9.17) is 0 Å². The summed E-state index contributed by atoms with van der Waals surface area (Å²) in [5.41, 5.74) is 0.792. The van der Waals surface area contributed by atoms with Crippen LogP contribution in [0.5, 0.6) is 0 Å². The molecule has 1 aliphatic heterocycles. The molecule has 21 heavy (non-hydrogen) atoms. The third-order valence-electron chi connectivity index (χ3n) is 5.79. The first-order valence-electron chi connectivity index (χ1n) is 8.19. The van der Waals surface area contributed by atoms with E-state index in [9.17, 15) is 0 Å². The van der Waals surface area contributed by atoms with E-state index < -0.39 is 8.24 Å². The van der Waals surface area contributed by atoms with Gasteiger partial charge in [-0.2, -0.15) is 0 Å². The molecule has 118 valence electrons. The molecule has 5 heteroatoms. The topological polar surface area (TPSA) is 30.5 Å². The largest absolute Gasteiger partial charge is 0.306 e. The van der Waals surface area contributed by atoms with Gasteiger partial charge in [0.05, 0.1) is 0 Å². The van der Waals surface area contributed by atoms with Crippen LogP contribution in [0, 0.1) is 11.8 Å². The maximum absolute atomic E-state index is 3.48. The number of rotatable bonds is 3. The highest BCUT2D eigenvalue weighted by Crippen LogP contribution is 2.51. The molecule has 4 unspecified atom stereocenters. The fraction of sp³-hybridized carbons (Fsp3) is 0.750. The molecule has 0 spiro atoms. The van der Waals surface area contributed by atoms with E-state index in [1.165, 1.54) is 6.42 Å².